The van der Waals surface area contributed by atoms with Gasteiger partial charge in [0, 0.05) is 0 Å². The van der Waals surface area contributed by atoms with Crippen molar-refractivity contribution in [3.05, 3.63) is 0 Å². The normalized spacial score (nSPS) is 55.4. The summed E-state index contributed by atoms with van der Waals surface area (Å²) < 4.78 is 21.1. The molecule has 10 atom stereocenters. The molecule has 0 amide bonds. The molecule has 10 heteroatoms. The lowest BCUT2D eigenvalue weighted by molar-refractivity contribution is -0.345. The largest absolute Gasteiger partial charge is 0.394 e. The first kappa shape index (κ1) is 16.5. The van der Waals surface area contributed by atoms with Crippen LogP contribution in [0.2, 0.25) is 0 Å². The van der Waals surface area contributed by atoms with E-state index in [1.165, 1.54) is 0 Å². The molecule has 22 heavy (non-hydrogen) atoms. The minimum atomic E-state index is -1.61. The van der Waals surface area contributed by atoms with Gasteiger partial charge in [-0.15, -0.1) is 0 Å². The van der Waals surface area contributed by atoms with Gasteiger partial charge in [-0.1, -0.05) is 0 Å². The van der Waals surface area contributed by atoms with E-state index in [1.54, 1.807) is 0 Å². The third kappa shape index (κ3) is 2.65. The summed E-state index contributed by atoms with van der Waals surface area (Å²) >= 11 is 0. The van der Waals surface area contributed by atoms with E-state index in [0.29, 0.717) is 0 Å². The molecule has 3 rings (SSSR count). The number of fused-ring (bicyclic) bond motifs is 2. The van der Waals surface area contributed by atoms with Gasteiger partial charge in [-0.3, -0.25) is 0 Å². The molecule has 0 aromatic heterocycles. The minimum absolute atomic E-state index is 0.0947. The highest BCUT2D eigenvalue weighted by Gasteiger charge is 2.53. The lowest BCUT2D eigenvalue weighted by atomic mass is 9.98. The van der Waals surface area contributed by atoms with Gasteiger partial charge in [0.2, 0.25) is 0 Å². The predicted molar refractivity (Wildman–Crippen MR) is 65.3 cm³/mol. The maximum Gasteiger partial charge on any atom is 0.187 e. The van der Waals surface area contributed by atoms with Crippen molar-refractivity contribution in [1.29, 1.82) is 0 Å². The van der Waals surface area contributed by atoms with Gasteiger partial charge in [0.1, 0.15) is 48.8 Å². The quantitative estimate of drug-likeness (QED) is 0.299. The van der Waals surface area contributed by atoms with E-state index in [0.717, 1.165) is 0 Å². The van der Waals surface area contributed by atoms with Crippen LogP contribution >= 0.6 is 0 Å². The fourth-order valence-electron chi connectivity index (χ4n) is 2.85. The van der Waals surface area contributed by atoms with Crippen LogP contribution in [0.3, 0.4) is 0 Å². The van der Waals surface area contributed by atoms with Crippen LogP contribution in [0.25, 0.3) is 0 Å². The first-order chi connectivity index (χ1) is 10.4. The minimum Gasteiger partial charge on any atom is -0.394 e. The van der Waals surface area contributed by atoms with Crippen molar-refractivity contribution in [3.63, 3.8) is 0 Å². The van der Waals surface area contributed by atoms with Crippen LogP contribution in [0.5, 0.6) is 0 Å². The average molecular weight is 324 g/mol. The molecular formula is C12H20O10. The van der Waals surface area contributed by atoms with Crippen LogP contribution in [-0.2, 0) is 18.9 Å². The zero-order chi connectivity index (χ0) is 16.0. The van der Waals surface area contributed by atoms with Crippen molar-refractivity contribution in [3.8, 4) is 0 Å². The molecule has 3 saturated heterocycles. The van der Waals surface area contributed by atoms with E-state index >= 15 is 0 Å². The van der Waals surface area contributed by atoms with Crippen LogP contribution in [0.15, 0.2) is 0 Å². The Bertz CT molecular complexity index is 392. The Kier molecular flexibility index (Phi) is 4.67. The molecule has 3 aliphatic heterocycles. The zero-order valence-electron chi connectivity index (χ0n) is 11.5. The standard InChI is InChI=1S/C12H20O10/c13-1-3-5(14)7(16)9(18)11(20-3)22-10-8(17)6(15)4-2-19-12(10)21-4/h3-18H,1-2H2/t3-,4-,5-,6-,7+,8+,9-,10-,11?,12?/m1/s1. The van der Waals surface area contributed by atoms with E-state index in [4.69, 9.17) is 24.1 Å². The first-order valence-corrected chi connectivity index (χ1v) is 7.03. The summed E-state index contributed by atoms with van der Waals surface area (Å²) in [6.45, 7) is -0.503. The van der Waals surface area contributed by atoms with Crippen molar-refractivity contribution in [2.45, 2.75) is 61.4 Å². The second-order valence-electron chi connectivity index (χ2n) is 5.66. The molecular weight excluding hydrogens is 304 g/mol. The molecule has 6 N–H and O–H groups in total. The van der Waals surface area contributed by atoms with Crippen LogP contribution in [-0.4, -0.2) is 105 Å². The Morgan fingerprint density at radius 3 is 2.27 bits per heavy atom. The molecule has 2 bridgehead atoms. The van der Waals surface area contributed by atoms with Crippen LogP contribution in [0.1, 0.15) is 0 Å². The molecule has 0 radical (unpaired) electrons. The third-order valence-corrected chi connectivity index (χ3v) is 4.21. The van der Waals surface area contributed by atoms with Gasteiger partial charge < -0.3 is 49.6 Å². The van der Waals surface area contributed by atoms with Crippen LogP contribution in [0.4, 0.5) is 0 Å². The third-order valence-electron chi connectivity index (χ3n) is 4.21. The highest BCUT2D eigenvalue weighted by molar-refractivity contribution is 4.95. The molecule has 0 saturated carbocycles. The lowest BCUT2D eigenvalue weighted by Crippen LogP contribution is -2.62. The van der Waals surface area contributed by atoms with E-state index in [-0.39, 0.29) is 6.61 Å². The molecule has 0 spiro atoms. The molecule has 3 heterocycles. The van der Waals surface area contributed by atoms with Gasteiger partial charge in [0.25, 0.3) is 0 Å². The molecule has 0 aliphatic carbocycles. The van der Waals surface area contributed by atoms with Crippen LogP contribution in [0, 0.1) is 0 Å². The number of hydrogen-bond acceptors (Lipinski definition) is 10. The van der Waals surface area contributed by atoms with E-state index in [9.17, 15) is 25.5 Å². The zero-order valence-corrected chi connectivity index (χ0v) is 11.5. The van der Waals surface area contributed by atoms with Crippen molar-refractivity contribution < 1.29 is 49.6 Å². The Morgan fingerprint density at radius 1 is 0.864 bits per heavy atom. The maximum atomic E-state index is 10.0. The number of rotatable bonds is 3. The molecule has 128 valence electrons. The van der Waals surface area contributed by atoms with Crippen molar-refractivity contribution in [1.82, 2.24) is 0 Å². The fourth-order valence-corrected chi connectivity index (χ4v) is 2.85. The van der Waals surface area contributed by atoms with Crippen molar-refractivity contribution in [2.75, 3.05) is 13.2 Å². The predicted octanol–water partition coefficient (Wildman–Crippen LogP) is -4.35. The molecule has 2 unspecified atom stereocenters. The van der Waals surface area contributed by atoms with Gasteiger partial charge in [-0.25, -0.2) is 0 Å². The summed E-state index contributed by atoms with van der Waals surface area (Å²) in [5, 5.41) is 58.3. The van der Waals surface area contributed by atoms with Crippen molar-refractivity contribution in [2.24, 2.45) is 0 Å². The monoisotopic (exact) mass is 324 g/mol. The summed E-state index contributed by atoms with van der Waals surface area (Å²) in [4.78, 5) is 0. The van der Waals surface area contributed by atoms with Gasteiger partial charge in [-0.05, 0) is 0 Å². The highest BCUT2D eigenvalue weighted by atomic mass is 16.8. The van der Waals surface area contributed by atoms with Gasteiger partial charge >= 0.3 is 0 Å². The molecule has 10 nitrogen and oxygen atoms in total. The van der Waals surface area contributed by atoms with Gasteiger partial charge in [0.15, 0.2) is 12.6 Å². The first-order valence-electron chi connectivity index (χ1n) is 7.03. The number of ether oxygens (including phenoxy) is 4. The topological polar surface area (TPSA) is 158 Å². The Balaban J connectivity index is 1.71. The second-order valence-corrected chi connectivity index (χ2v) is 5.66. The van der Waals surface area contributed by atoms with E-state index in [2.05, 4.69) is 0 Å². The maximum absolute atomic E-state index is 10.0. The lowest BCUT2D eigenvalue weighted by Gasteiger charge is -2.43. The number of aliphatic hydroxyl groups excluding tert-OH is 6. The van der Waals surface area contributed by atoms with E-state index in [1.807, 2.05) is 0 Å². The molecule has 3 fully saturated rings. The highest BCUT2D eigenvalue weighted by Crippen LogP contribution is 2.32. The number of hydrogen-bond donors (Lipinski definition) is 6. The van der Waals surface area contributed by atoms with Gasteiger partial charge in [0.05, 0.1) is 13.2 Å². The molecule has 3 aliphatic rings. The summed E-state index contributed by atoms with van der Waals surface area (Å²) in [5.74, 6) is 0. The summed E-state index contributed by atoms with van der Waals surface area (Å²) in [7, 11) is 0. The Labute approximate surface area is 125 Å². The van der Waals surface area contributed by atoms with Crippen LogP contribution < -0.4 is 0 Å². The summed E-state index contributed by atoms with van der Waals surface area (Å²) in [5.41, 5.74) is 0. The van der Waals surface area contributed by atoms with Gasteiger partial charge in [-0.2, -0.15) is 0 Å². The average Bonchev–Trinajstić information content (AvgIpc) is 2.96. The Hall–Kier alpha value is -0.400. The number of aliphatic hydroxyl groups is 6. The fraction of sp³-hybridized carbons (Fsp3) is 1.00. The SMILES string of the molecule is OC[C@H]1OC(O[C@H]2C3OC[C@@H](O3)[C@@H](O)[C@@H]2O)[C@H](O)[C@@H](O)[C@@H]1O. The molecule has 0 aromatic rings. The Morgan fingerprint density at radius 2 is 1.59 bits per heavy atom. The molecule has 0 aromatic carbocycles. The van der Waals surface area contributed by atoms with Crippen molar-refractivity contribution >= 4 is 0 Å². The smallest absolute Gasteiger partial charge is 0.187 e. The summed E-state index contributed by atoms with van der Waals surface area (Å²) in [6, 6.07) is 0. The summed E-state index contributed by atoms with van der Waals surface area (Å²) in [6.07, 6.45) is -12.6. The second kappa shape index (κ2) is 6.24. The van der Waals surface area contributed by atoms with E-state index < -0.39 is 68.0 Å².